The molecule has 1 heterocycles. The van der Waals surface area contributed by atoms with Crippen molar-refractivity contribution >= 4 is 17.2 Å². The lowest BCUT2D eigenvalue weighted by Crippen LogP contribution is -2.30. The topological polar surface area (TPSA) is 62.2 Å². The van der Waals surface area contributed by atoms with E-state index < -0.39 is 0 Å². The molecule has 2 aromatic rings. The Kier molecular flexibility index (Phi) is 6.30. The van der Waals surface area contributed by atoms with Crippen LogP contribution in [0.25, 0.3) is 10.6 Å². The number of aliphatic hydroxyl groups excluding tert-OH is 1. The summed E-state index contributed by atoms with van der Waals surface area (Å²) in [5, 5.41) is 15.1. The molecule has 2 atom stereocenters. The van der Waals surface area contributed by atoms with E-state index in [-0.39, 0.29) is 17.9 Å². The summed E-state index contributed by atoms with van der Waals surface area (Å²) in [6, 6.07) is 8.20. The molecule has 0 aliphatic rings. The molecule has 0 radical (unpaired) electrons. The molecule has 2 rings (SSSR count). The Balaban J connectivity index is 1.88. The smallest absolute Gasteiger partial charge is 0.226 e. The summed E-state index contributed by atoms with van der Waals surface area (Å²) in [5.41, 5.74) is 3.09. The third kappa shape index (κ3) is 5.77. The van der Waals surface area contributed by atoms with E-state index in [1.807, 2.05) is 24.4 Å². The van der Waals surface area contributed by atoms with Crippen molar-refractivity contribution in [3.8, 4) is 10.6 Å². The van der Waals surface area contributed by atoms with Crippen molar-refractivity contribution < 1.29 is 9.90 Å². The second-order valence-electron chi connectivity index (χ2n) is 6.18. The number of aromatic nitrogens is 1. The summed E-state index contributed by atoms with van der Waals surface area (Å²) in [6.45, 7) is 6.42. The molecule has 2 unspecified atom stereocenters. The fraction of sp³-hybridized carbons (Fsp3) is 0.444. The highest BCUT2D eigenvalue weighted by Gasteiger charge is 2.11. The first-order valence-corrected chi connectivity index (χ1v) is 8.78. The first-order chi connectivity index (χ1) is 10.9. The number of rotatable bonds is 7. The third-order valence-electron chi connectivity index (χ3n) is 3.55. The monoisotopic (exact) mass is 332 g/mol. The summed E-state index contributed by atoms with van der Waals surface area (Å²) in [6.07, 6.45) is 0.649. The molecular weight excluding hydrogens is 308 g/mol. The van der Waals surface area contributed by atoms with Crippen molar-refractivity contribution in [1.82, 2.24) is 10.3 Å². The van der Waals surface area contributed by atoms with Crippen LogP contribution in [0.3, 0.4) is 0 Å². The van der Waals surface area contributed by atoms with Gasteiger partial charge in [0, 0.05) is 17.5 Å². The Hall–Kier alpha value is -1.72. The van der Waals surface area contributed by atoms with Gasteiger partial charge in [0.15, 0.2) is 0 Å². The highest BCUT2D eigenvalue weighted by molar-refractivity contribution is 7.13. The van der Waals surface area contributed by atoms with Crippen LogP contribution in [0.5, 0.6) is 0 Å². The number of thiazole rings is 1. The van der Waals surface area contributed by atoms with E-state index in [1.54, 1.807) is 18.3 Å². The fourth-order valence-corrected chi connectivity index (χ4v) is 3.30. The molecule has 1 amide bonds. The molecule has 5 heteroatoms. The highest BCUT2D eigenvalue weighted by Crippen LogP contribution is 2.24. The first-order valence-electron chi connectivity index (χ1n) is 7.90. The lowest BCUT2D eigenvalue weighted by molar-refractivity contribution is -0.120. The number of hydrogen-bond donors (Lipinski definition) is 2. The number of amides is 1. The number of aryl methyl sites for hydroxylation is 1. The fourth-order valence-electron chi connectivity index (χ4n) is 2.48. The van der Waals surface area contributed by atoms with E-state index in [0.29, 0.717) is 19.4 Å². The average molecular weight is 332 g/mol. The van der Waals surface area contributed by atoms with Gasteiger partial charge in [-0.05, 0) is 32.3 Å². The van der Waals surface area contributed by atoms with E-state index >= 15 is 0 Å². The zero-order chi connectivity index (χ0) is 16.8. The quantitative estimate of drug-likeness (QED) is 0.818. The predicted molar refractivity (Wildman–Crippen MR) is 94.5 cm³/mol. The summed E-state index contributed by atoms with van der Waals surface area (Å²) in [7, 11) is 0. The minimum absolute atomic E-state index is 0.0245. The minimum Gasteiger partial charge on any atom is -0.393 e. The molecule has 23 heavy (non-hydrogen) atoms. The molecule has 124 valence electrons. The van der Waals surface area contributed by atoms with Crippen LogP contribution in [-0.2, 0) is 11.2 Å². The Labute approximate surface area is 141 Å². The Morgan fingerprint density at radius 2 is 2.17 bits per heavy atom. The first kappa shape index (κ1) is 17.6. The number of carbonyl (C=O) groups excluding carboxylic acids is 1. The SMILES string of the molecule is Cc1cccc(-c2nc(CC(=O)NCC(C)CC(C)O)cs2)c1. The summed E-state index contributed by atoms with van der Waals surface area (Å²) in [5.74, 6) is 0.237. The van der Waals surface area contributed by atoms with Crippen LogP contribution in [0.2, 0.25) is 0 Å². The van der Waals surface area contributed by atoms with Crippen LogP contribution < -0.4 is 5.32 Å². The summed E-state index contributed by atoms with van der Waals surface area (Å²) < 4.78 is 0. The van der Waals surface area contributed by atoms with Crippen LogP contribution in [-0.4, -0.2) is 28.6 Å². The van der Waals surface area contributed by atoms with E-state index in [1.165, 1.54) is 5.56 Å². The van der Waals surface area contributed by atoms with Gasteiger partial charge in [-0.3, -0.25) is 4.79 Å². The number of benzene rings is 1. The molecular formula is C18H24N2O2S. The summed E-state index contributed by atoms with van der Waals surface area (Å²) in [4.78, 5) is 16.5. The molecule has 2 N–H and O–H groups in total. The van der Waals surface area contributed by atoms with Gasteiger partial charge in [-0.1, -0.05) is 30.7 Å². The molecule has 0 aliphatic heterocycles. The van der Waals surface area contributed by atoms with Gasteiger partial charge >= 0.3 is 0 Å². The number of hydrogen-bond acceptors (Lipinski definition) is 4. The Morgan fingerprint density at radius 3 is 2.87 bits per heavy atom. The van der Waals surface area contributed by atoms with Crippen LogP contribution in [0.1, 0.15) is 31.5 Å². The standard InChI is InChI=1S/C18H24N2O2S/c1-12-5-4-6-15(8-12)18-20-16(11-23-18)9-17(22)19-10-13(2)7-14(3)21/h4-6,8,11,13-14,21H,7,9-10H2,1-3H3,(H,19,22). The van der Waals surface area contributed by atoms with Crippen molar-refractivity contribution in [3.63, 3.8) is 0 Å². The maximum Gasteiger partial charge on any atom is 0.226 e. The van der Waals surface area contributed by atoms with Crippen molar-refractivity contribution in [2.75, 3.05) is 6.54 Å². The van der Waals surface area contributed by atoms with E-state index in [4.69, 9.17) is 0 Å². The van der Waals surface area contributed by atoms with E-state index in [0.717, 1.165) is 16.3 Å². The molecule has 0 saturated carbocycles. The van der Waals surface area contributed by atoms with Crippen LogP contribution in [0.4, 0.5) is 0 Å². The molecule has 0 bridgehead atoms. The van der Waals surface area contributed by atoms with Crippen LogP contribution in [0, 0.1) is 12.8 Å². The third-order valence-corrected chi connectivity index (χ3v) is 4.49. The van der Waals surface area contributed by atoms with Gasteiger partial charge in [0.1, 0.15) is 5.01 Å². The van der Waals surface area contributed by atoms with Gasteiger partial charge in [0.2, 0.25) is 5.91 Å². The Morgan fingerprint density at radius 1 is 1.39 bits per heavy atom. The molecule has 0 fully saturated rings. The number of nitrogens with zero attached hydrogens (tertiary/aromatic N) is 1. The normalized spacial score (nSPS) is 13.6. The molecule has 4 nitrogen and oxygen atoms in total. The van der Waals surface area contributed by atoms with Gasteiger partial charge in [0.25, 0.3) is 0 Å². The molecule has 0 spiro atoms. The zero-order valence-corrected chi connectivity index (χ0v) is 14.7. The number of nitrogens with one attached hydrogen (secondary N) is 1. The zero-order valence-electron chi connectivity index (χ0n) is 13.9. The van der Waals surface area contributed by atoms with Gasteiger partial charge in [0.05, 0.1) is 18.2 Å². The molecule has 1 aromatic heterocycles. The summed E-state index contributed by atoms with van der Waals surface area (Å²) >= 11 is 1.56. The van der Waals surface area contributed by atoms with Crippen molar-refractivity contribution in [2.24, 2.45) is 5.92 Å². The second kappa shape index (κ2) is 8.22. The van der Waals surface area contributed by atoms with Gasteiger partial charge in [-0.15, -0.1) is 11.3 Å². The van der Waals surface area contributed by atoms with Gasteiger partial charge in [-0.2, -0.15) is 0 Å². The second-order valence-corrected chi connectivity index (χ2v) is 7.04. The minimum atomic E-state index is -0.336. The molecule has 0 saturated heterocycles. The van der Waals surface area contributed by atoms with Crippen LogP contribution >= 0.6 is 11.3 Å². The number of aliphatic hydroxyl groups is 1. The van der Waals surface area contributed by atoms with Gasteiger partial charge < -0.3 is 10.4 Å². The van der Waals surface area contributed by atoms with Crippen LogP contribution in [0.15, 0.2) is 29.6 Å². The van der Waals surface area contributed by atoms with Gasteiger partial charge in [-0.25, -0.2) is 4.98 Å². The predicted octanol–water partition coefficient (Wildman–Crippen LogP) is 3.18. The lowest BCUT2D eigenvalue weighted by atomic mass is 10.0. The van der Waals surface area contributed by atoms with Crippen molar-refractivity contribution in [2.45, 2.75) is 39.7 Å². The lowest BCUT2D eigenvalue weighted by Gasteiger charge is -2.13. The van der Waals surface area contributed by atoms with E-state index in [2.05, 4.69) is 29.4 Å². The highest BCUT2D eigenvalue weighted by atomic mass is 32.1. The maximum absolute atomic E-state index is 12.0. The van der Waals surface area contributed by atoms with Crippen molar-refractivity contribution in [3.05, 3.63) is 40.9 Å². The molecule has 1 aromatic carbocycles. The number of carbonyl (C=O) groups is 1. The molecule has 0 aliphatic carbocycles. The largest absolute Gasteiger partial charge is 0.393 e. The Bertz CT molecular complexity index is 652. The average Bonchev–Trinajstić information content (AvgIpc) is 2.93. The van der Waals surface area contributed by atoms with Crippen molar-refractivity contribution in [1.29, 1.82) is 0 Å². The van der Waals surface area contributed by atoms with E-state index in [9.17, 15) is 9.90 Å². The maximum atomic E-state index is 12.0.